The van der Waals surface area contributed by atoms with Gasteiger partial charge >= 0.3 is 6.16 Å². The van der Waals surface area contributed by atoms with Crippen LogP contribution in [0.4, 0.5) is 4.79 Å². The molecule has 0 N–H and O–H groups in total. The number of carbonyl (C=O) groups excluding carboxylic acids is 1. The summed E-state index contributed by atoms with van der Waals surface area (Å²) in [5, 5.41) is 0. The molecule has 0 aromatic heterocycles. The fourth-order valence-corrected chi connectivity index (χ4v) is 2.01. The van der Waals surface area contributed by atoms with Crippen LogP contribution in [0.1, 0.15) is 57.4 Å². The van der Waals surface area contributed by atoms with Crippen molar-refractivity contribution in [3.05, 3.63) is 29.8 Å². The van der Waals surface area contributed by atoms with E-state index in [0.29, 0.717) is 17.9 Å². The van der Waals surface area contributed by atoms with Crippen molar-refractivity contribution >= 4 is 6.16 Å². The lowest BCUT2D eigenvalue weighted by Crippen LogP contribution is -2.12. The van der Waals surface area contributed by atoms with Gasteiger partial charge in [0.2, 0.25) is 0 Å². The molecule has 0 aliphatic carbocycles. The minimum atomic E-state index is -0.691. The summed E-state index contributed by atoms with van der Waals surface area (Å²) < 4.78 is 10.1. The van der Waals surface area contributed by atoms with Crippen LogP contribution >= 0.6 is 0 Å². The second kappa shape index (κ2) is 10.8. The fourth-order valence-electron chi connectivity index (χ4n) is 2.01. The molecule has 0 unspecified atom stereocenters. The Hall–Kier alpha value is -1.95. The van der Waals surface area contributed by atoms with E-state index in [0.717, 1.165) is 12.8 Å². The highest BCUT2D eigenvalue weighted by molar-refractivity contribution is 5.65. The van der Waals surface area contributed by atoms with Gasteiger partial charge in [-0.3, -0.25) is 0 Å². The van der Waals surface area contributed by atoms with Crippen LogP contribution in [0.25, 0.3) is 0 Å². The molecule has 3 nitrogen and oxygen atoms in total. The highest BCUT2D eigenvalue weighted by Gasteiger charge is 2.08. The van der Waals surface area contributed by atoms with Gasteiger partial charge < -0.3 is 9.47 Å². The van der Waals surface area contributed by atoms with Gasteiger partial charge in [-0.1, -0.05) is 63.5 Å². The number of carbonyl (C=O) groups is 1. The van der Waals surface area contributed by atoms with Crippen LogP contribution < -0.4 is 4.74 Å². The quantitative estimate of drug-likeness (QED) is 0.279. The van der Waals surface area contributed by atoms with Crippen molar-refractivity contribution in [3.8, 4) is 18.1 Å². The summed E-state index contributed by atoms with van der Waals surface area (Å²) in [5.74, 6) is 2.83. The molecule has 21 heavy (non-hydrogen) atoms. The first-order chi connectivity index (χ1) is 10.3. The van der Waals surface area contributed by atoms with Crippen molar-refractivity contribution < 1.29 is 14.3 Å². The summed E-state index contributed by atoms with van der Waals surface area (Å²) >= 11 is 0. The molecular formula is C18H24O3. The number of rotatable bonds is 9. The van der Waals surface area contributed by atoms with Gasteiger partial charge in [0.15, 0.2) is 0 Å². The lowest BCUT2D eigenvalue weighted by atomic mass is 10.1. The Morgan fingerprint density at radius 1 is 1.10 bits per heavy atom. The Morgan fingerprint density at radius 3 is 2.48 bits per heavy atom. The molecule has 0 heterocycles. The molecule has 0 aliphatic heterocycles. The number of hydrogen-bond acceptors (Lipinski definition) is 3. The van der Waals surface area contributed by atoms with Crippen molar-refractivity contribution in [2.24, 2.45) is 0 Å². The van der Waals surface area contributed by atoms with Gasteiger partial charge in [-0.25, -0.2) is 4.79 Å². The molecule has 0 saturated heterocycles. The molecule has 0 atom stereocenters. The standard InChI is InChI=1S/C18H24O3/c1-3-5-6-7-8-9-12-15-20-18(19)21-17-14-11-10-13-16(17)4-2/h2,10-11,13-14H,3,5-9,12,15H2,1H3. The van der Waals surface area contributed by atoms with E-state index in [1.165, 1.54) is 32.1 Å². The summed E-state index contributed by atoms with van der Waals surface area (Å²) in [6, 6.07) is 6.94. The Balaban J connectivity index is 2.13. The third-order valence-electron chi connectivity index (χ3n) is 3.20. The van der Waals surface area contributed by atoms with Crippen molar-refractivity contribution in [3.63, 3.8) is 0 Å². The van der Waals surface area contributed by atoms with Gasteiger partial charge in [0.25, 0.3) is 0 Å². The van der Waals surface area contributed by atoms with Gasteiger partial charge in [-0.05, 0) is 18.6 Å². The van der Waals surface area contributed by atoms with Crippen LogP contribution in [-0.2, 0) is 4.74 Å². The molecule has 1 aromatic carbocycles. The Bertz CT molecular complexity index is 460. The fraction of sp³-hybridized carbons (Fsp3) is 0.500. The average Bonchev–Trinajstić information content (AvgIpc) is 2.50. The third-order valence-corrected chi connectivity index (χ3v) is 3.20. The van der Waals surface area contributed by atoms with E-state index in [1.54, 1.807) is 24.3 Å². The van der Waals surface area contributed by atoms with Crippen LogP contribution in [0.3, 0.4) is 0 Å². The highest BCUT2D eigenvalue weighted by atomic mass is 16.7. The topological polar surface area (TPSA) is 35.5 Å². The number of para-hydroxylation sites is 1. The zero-order valence-corrected chi connectivity index (χ0v) is 12.8. The maximum atomic E-state index is 11.5. The molecule has 0 amide bonds. The summed E-state index contributed by atoms with van der Waals surface area (Å²) in [7, 11) is 0. The maximum absolute atomic E-state index is 11.5. The van der Waals surface area contributed by atoms with E-state index in [4.69, 9.17) is 15.9 Å². The molecule has 3 heteroatoms. The molecule has 0 fully saturated rings. The monoisotopic (exact) mass is 288 g/mol. The zero-order valence-electron chi connectivity index (χ0n) is 12.8. The predicted octanol–water partition coefficient (Wildman–Crippen LogP) is 4.93. The number of terminal acetylenes is 1. The molecule has 114 valence electrons. The molecular weight excluding hydrogens is 264 g/mol. The largest absolute Gasteiger partial charge is 0.513 e. The lowest BCUT2D eigenvalue weighted by Gasteiger charge is -2.07. The Kier molecular flexibility index (Phi) is 8.79. The van der Waals surface area contributed by atoms with Crippen LogP contribution in [0.5, 0.6) is 5.75 Å². The molecule has 0 aliphatic rings. The van der Waals surface area contributed by atoms with Crippen LogP contribution in [0.15, 0.2) is 24.3 Å². The van der Waals surface area contributed by atoms with E-state index in [9.17, 15) is 4.79 Å². The minimum absolute atomic E-state index is 0.365. The summed E-state index contributed by atoms with van der Waals surface area (Å²) in [6.45, 7) is 2.60. The first kappa shape index (κ1) is 17.1. The van der Waals surface area contributed by atoms with Gasteiger partial charge in [-0.2, -0.15) is 0 Å². The van der Waals surface area contributed by atoms with E-state index in [-0.39, 0.29) is 0 Å². The van der Waals surface area contributed by atoms with Crippen molar-refractivity contribution in [1.29, 1.82) is 0 Å². The Labute approximate surface area is 127 Å². The van der Waals surface area contributed by atoms with Crippen LogP contribution in [0, 0.1) is 12.3 Å². The van der Waals surface area contributed by atoms with Gasteiger partial charge in [0, 0.05) is 0 Å². The summed E-state index contributed by atoms with van der Waals surface area (Å²) in [4.78, 5) is 11.5. The van der Waals surface area contributed by atoms with Gasteiger partial charge in [-0.15, -0.1) is 6.42 Å². The van der Waals surface area contributed by atoms with E-state index in [1.807, 2.05) is 0 Å². The molecule has 0 radical (unpaired) electrons. The number of unbranched alkanes of at least 4 members (excludes halogenated alkanes) is 6. The van der Waals surface area contributed by atoms with Crippen LogP contribution in [-0.4, -0.2) is 12.8 Å². The van der Waals surface area contributed by atoms with Crippen LogP contribution in [0.2, 0.25) is 0 Å². The van der Waals surface area contributed by atoms with Gasteiger partial charge in [0.05, 0.1) is 12.2 Å². The molecule has 0 spiro atoms. The summed E-state index contributed by atoms with van der Waals surface area (Å²) in [6.07, 6.45) is 12.9. The van der Waals surface area contributed by atoms with Crippen molar-refractivity contribution in [2.45, 2.75) is 51.9 Å². The van der Waals surface area contributed by atoms with Crippen molar-refractivity contribution in [1.82, 2.24) is 0 Å². The maximum Gasteiger partial charge on any atom is 0.513 e. The van der Waals surface area contributed by atoms with E-state index >= 15 is 0 Å². The lowest BCUT2D eigenvalue weighted by molar-refractivity contribution is 0.0972. The van der Waals surface area contributed by atoms with Gasteiger partial charge in [0.1, 0.15) is 5.75 Å². The number of hydrogen-bond donors (Lipinski definition) is 0. The first-order valence-electron chi connectivity index (χ1n) is 7.68. The normalized spacial score (nSPS) is 9.90. The number of benzene rings is 1. The Morgan fingerprint density at radius 2 is 1.76 bits per heavy atom. The van der Waals surface area contributed by atoms with E-state index in [2.05, 4.69) is 12.8 Å². The second-order valence-corrected chi connectivity index (χ2v) is 4.96. The third kappa shape index (κ3) is 7.41. The van der Waals surface area contributed by atoms with E-state index < -0.39 is 6.16 Å². The zero-order chi connectivity index (χ0) is 15.3. The average molecular weight is 288 g/mol. The SMILES string of the molecule is C#Cc1ccccc1OC(=O)OCCCCCCCCC. The predicted molar refractivity (Wildman–Crippen MR) is 84.3 cm³/mol. The molecule has 1 rings (SSSR count). The van der Waals surface area contributed by atoms with Crippen molar-refractivity contribution in [2.75, 3.05) is 6.61 Å². The molecule has 1 aromatic rings. The highest BCUT2D eigenvalue weighted by Crippen LogP contribution is 2.17. The first-order valence-corrected chi connectivity index (χ1v) is 7.68. The number of ether oxygens (including phenoxy) is 2. The summed E-state index contributed by atoms with van der Waals surface area (Å²) in [5.41, 5.74) is 0.547. The minimum Gasteiger partial charge on any atom is -0.434 e. The molecule has 0 saturated carbocycles. The molecule has 0 bridgehead atoms. The smallest absolute Gasteiger partial charge is 0.434 e. The second-order valence-electron chi connectivity index (χ2n) is 4.96.